The van der Waals surface area contributed by atoms with E-state index in [0.29, 0.717) is 46.1 Å². The molecule has 7 aromatic rings. The van der Waals surface area contributed by atoms with Crippen molar-refractivity contribution >= 4 is 68.8 Å². The lowest BCUT2D eigenvalue weighted by Crippen LogP contribution is -2.34. The number of nitrogens with zero attached hydrogens (tertiary/aromatic N) is 11. The summed E-state index contributed by atoms with van der Waals surface area (Å²) in [5.41, 5.74) is 1.93. The van der Waals surface area contributed by atoms with Crippen LogP contribution in [-0.4, -0.2) is 114 Å². The molecule has 3 saturated heterocycles. The number of carbonyl (C=O) groups excluding carboxylic acids is 2. The molecule has 6 aliphatic rings. The molecule has 3 aliphatic heterocycles. The second-order valence-electron chi connectivity index (χ2n) is 21.0. The number of oxazole rings is 2. The highest BCUT2D eigenvalue weighted by atomic mass is 19.1. The van der Waals surface area contributed by atoms with E-state index >= 15 is 0 Å². The fourth-order valence-electron chi connectivity index (χ4n) is 10.3. The zero-order valence-electron chi connectivity index (χ0n) is 42.4. The molecule has 3 saturated carbocycles. The Kier molecular flexibility index (Phi) is 14.5. The molecule has 2 amide bonds. The number of nitrogens with one attached hydrogen (secondary N) is 3. The first-order chi connectivity index (χ1) is 36.8. The number of aromatic nitrogens is 8. The van der Waals surface area contributed by atoms with E-state index in [1.165, 1.54) is 107 Å². The van der Waals surface area contributed by atoms with Crippen LogP contribution in [0.25, 0.3) is 22.2 Å². The average Bonchev–Trinajstić information content (AvgIpc) is 4.36. The van der Waals surface area contributed by atoms with Gasteiger partial charge in [0.1, 0.15) is 51.5 Å². The van der Waals surface area contributed by atoms with Crippen molar-refractivity contribution in [2.45, 2.75) is 96.6 Å². The molecule has 396 valence electrons. The molecule has 6 fully saturated rings. The summed E-state index contributed by atoms with van der Waals surface area (Å²) in [4.78, 5) is 75.8. The normalized spacial score (nSPS) is 20.1. The van der Waals surface area contributed by atoms with Gasteiger partial charge in [0.25, 0.3) is 11.8 Å². The maximum atomic E-state index is 14.3. The molecule has 0 radical (unpaired) electrons. The number of carbonyl (C=O) groups is 3. The number of fused-ring (bicyclic) bond motifs is 2. The summed E-state index contributed by atoms with van der Waals surface area (Å²) in [6.45, 7) is 9.18. The average molecular weight is 1040 g/mol. The van der Waals surface area contributed by atoms with Crippen LogP contribution in [0.4, 0.5) is 37.6 Å². The van der Waals surface area contributed by atoms with E-state index in [4.69, 9.17) is 13.9 Å². The molecule has 2 aromatic carbocycles. The highest BCUT2D eigenvalue weighted by Crippen LogP contribution is 2.40. The third-order valence-electron chi connectivity index (χ3n) is 14.8. The van der Waals surface area contributed by atoms with Crippen molar-refractivity contribution in [3.63, 3.8) is 0 Å². The van der Waals surface area contributed by atoms with Crippen LogP contribution in [0.1, 0.15) is 114 Å². The highest BCUT2D eigenvalue weighted by molar-refractivity contribution is 6.04. The number of anilines is 5. The zero-order chi connectivity index (χ0) is 52.5. The first-order valence-electron chi connectivity index (χ1n) is 26.3. The number of aryl methyl sites for hydroxylation is 2. The van der Waals surface area contributed by atoms with Crippen molar-refractivity contribution in [2.75, 3.05) is 64.6 Å². The second-order valence-corrected chi connectivity index (χ2v) is 21.0. The van der Waals surface area contributed by atoms with Crippen molar-refractivity contribution in [1.29, 1.82) is 0 Å². The number of amides is 2. The monoisotopic (exact) mass is 1040 g/mol. The van der Waals surface area contributed by atoms with Gasteiger partial charge in [-0.2, -0.15) is 0 Å². The first-order valence-corrected chi connectivity index (χ1v) is 26.3. The Bertz CT molecular complexity index is 3050. The third kappa shape index (κ3) is 12.5. The van der Waals surface area contributed by atoms with E-state index in [2.05, 4.69) is 70.5 Å². The topological polar surface area (TPSA) is 247 Å². The fraction of sp³-hybridized carbons (Fsp3) is 0.463. The Labute approximate surface area is 436 Å². The molecule has 22 heteroatoms. The number of benzene rings is 2. The van der Waals surface area contributed by atoms with Crippen LogP contribution >= 0.6 is 0 Å². The SMILES string of the molecule is Cc1nc2cc(F)c(NC(=O)c3cnc(N4CCC(CC5CC5)C4)cn3)cc2o1.Cc1nc2cc(F)c(NC(=O)c3cnc(N4CCC(NC5CC5)C4)cn3)cc2o1.O=C(O)c1cnc(N2CCC(CC3CC3)C2)cn1. The number of halogens is 2. The standard InChI is InChI=1S/C21H22FN5O2.C20H21FN6O2.C13H17N3O2/c1-12-25-17-7-15(22)16(8-19(17)29-12)26-21(28)18-9-24-20(10-23-18)27-5-4-14(11-27)6-13-2-3-13;1-11-24-16-6-14(21)15(7-18(16)29-11)26-20(28)17-8-23-19(9-22-17)27-5-4-13(10-27)25-12-2-3-12;17-13(18)11-6-15-12(7-14-11)16-4-3-10(8-16)5-9-1-2-9/h7-10,13-14H,2-6,11H2,1H3,(H,26,28);6-9,12-13,25H,2-5,10H2,1H3,(H,26,28);6-7,9-10H,1-5,8H2,(H,17,18). The minimum absolute atomic E-state index is 0.00692. The summed E-state index contributed by atoms with van der Waals surface area (Å²) >= 11 is 0. The zero-order valence-corrected chi connectivity index (χ0v) is 42.4. The van der Waals surface area contributed by atoms with Gasteiger partial charge in [-0.1, -0.05) is 25.7 Å². The van der Waals surface area contributed by atoms with Gasteiger partial charge in [0.15, 0.2) is 28.6 Å². The minimum Gasteiger partial charge on any atom is -0.476 e. The van der Waals surface area contributed by atoms with Crippen LogP contribution in [0.3, 0.4) is 0 Å². The Hall–Kier alpha value is -7.75. The molecule has 4 N–H and O–H groups in total. The van der Waals surface area contributed by atoms with Crippen LogP contribution in [0.2, 0.25) is 0 Å². The minimum atomic E-state index is -1.03. The highest BCUT2D eigenvalue weighted by Gasteiger charge is 2.33. The summed E-state index contributed by atoms with van der Waals surface area (Å²) in [7, 11) is 0. The molecule has 20 nitrogen and oxygen atoms in total. The van der Waals surface area contributed by atoms with E-state index in [0.717, 1.165) is 86.8 Å². The van der Waals surface area contributed by atoms with Crippen LogP contribution < -0.4 is 30.7 Å². The molecule has 3 aliphatic carbocycles. The summed E-state index contributed by atoms with van der Waals surface area (Å²) in [6.07, 6.45) is 23.2. The molecule has 13 rings (SSSR count). The van der Waals surface area contributed by atoms with Crippen LogP contribution in [0.5, 0.6) is 0 Å². The van der Waals surface area contributed by atoms with E-state index < -0.39 is 29.4 Å². The maximum absolute atomic E-state index is 14.3. The number of hydrogen-bond donors (Lipinski definition) is 4. The van der Waals surface area contributed by atoms with E-state index in [1.807, 2.05) is 0 Å². The fourth-order valence-corrected chi connectivity index (χ4v) is 10.3. The number of aromatic carboxylic acids is 1. The third-order valence-corrected chi connectivity index (χ3v) is 14.8. The molecule has 0 bridgehead atoms. The molecule has 3 atom stereocenters. The van der Waals surface area contributed by atoms with Crippen molar-refractivity contribution < 1.29 is 37.1 Å². The smallest absolute Gasteiger partial charge is 0.356 e. The molecule has 8 heterocycles. The molecule has 0 spiro atoms. The van der Waals surface area contributed by atoms with Crippen molar-refractivity contribution in [3.05, 3.63) is 102 Å². The van der Waals surface area contributed by atoms with Crippen LogP contribution in [0.15, 0.2) is 70.3 Å². The van der Waals surface area contributed by atoms with Gasteiger partial charge in [-0.25, -0.2) is 53.4 Å². The predicted molar refractivity (Wildman–Crippen MR) is 278 cm³/mol. The van der Waals surface area contributed by atoms with Crippen LogP contribution in [0, 0.1) is 49.2 Å². The molecule has 76 heavy (non-hydrogen) atoms. The van der Waals surface area contributed by atoms with Crippen LogP contribution in [-0.2, 0) is 0 Å². The van der Waals surface area contributed by atoms with Gasteiger partial charge in [-0.3, -0.25) is 9.59 Å². The van der Waals surface area contributed by atoms with Gasteiger partial charge in [0.2, 0.25) is 0 Å². The lowest BCUT2D eigenvalue weighted by molar-refractivity contribution is 0.0689. The summed E-state index contributed by atoms with van der Waals surface area (Å²) in [5.74, 6) is 3.34. The number of hydrogen-bond acceptors (Lipinski definition) is 17. The van der Waals surface area contributed by atoms with Gasteiger partial charge in [-0.15, -0.1) is 0 Å². The lowest BCUT2D eigenvalue weighted by Gasteiger charge is -2.17. The van der Waals surface area contributed by atoms with Gasteiger partial charge in [-0.05, 0) is 68.6 Å². The van der Waals surface area contributed by atoms with Gasteiger partial charge >= 0.3 is 5.97 Å². The van der Waals surface area contributed by atoms with Gasteiger partial charge < -0.3 is 44.6 Å². The molecule has 5 aromatic heterocycles. The largest absolute Gasteiger partial charge is 0.476 e. The molecular formula is C54H60F2N14O6. The summed E-state index contributed by atoms with van der Waals surface area (Å²) in [6, 6.07) is 6.47. The number of carboxylic acid groups (broad SMARTS) is 1. The lowest BCUT2D eigenvalue weighted by atomic mass is 10.0. The molecular weight excluding hydrogens is 979 g/mol. The summed E-state index contributed by atoms with van der Waals surface area (Å²) < 4.78 is 39.3. The van der Waals surface area contributed by atoms with E-state index in [9.17, 15) is 23.2 Å². The van der Waals surface area contributed by atoms with Gasteiger partial charge in [0, 0.05) is 89.5 Å². The second kappa shape index (κ2) is 21.8. The summed E-state index contributed by atoms with van der Waals surface area (Å²) in [5, 5.41) is 17.5. The van der Waals surface area contributed by atoms with Crippen molar-refractivity contribution in [3.8, 4) is 0 Å². The maximum Gasteiger partial charge on any atom is 0.356 e. The quantitative estimate of drug-likeness (QED) is 0.0798. The van der Waals surface area contributed by atoms with Crippen molar-refractivity contribution in [1.82, 2.24) is 45.2 Å². The Balaban J connectivity index is 0.000000125. The van der Waals surface area contributed by atoms with Crippen molar-refractivity contribution in [2.24, 2.45) is 23.7 Å². The number of rotatable bonds is 14. The van der Waals surface area contributed by atoms with E-state index in [-0.39, 0.29) is 28.5 Å². The predicted octanol–water partition coefficient (Wildman–Crippen LogP) is 8.39. The van der Waals surface area contributed by atoms with Gasteiger partial charge in [0.05, 0.1) is 48.6 Å². The Morgan fingerprint density at radius 2 is 0.974 bits per heavy atom. The number of carboxylic acids is 1. The van der Waals surface area contributed by atoms with E-state index in [1.54, 1.807) is 32.4 Å². The Morgan fingerprint density at radius 1 is 0.539 bits per heavy atom. The Morgan fingerprint density at radius 3 is 1.38 bits per heavy atom. The first kappa shape index (κ1) is 50.4. The molecule has 3 unspecified atom stereocenters.